The molecular weight excluding hydrogens is 355 g/mol. The second-order valence-electron chi connectivity index (χ2n) is 5.35. The summed E-state index contributed by atoms with van der Waals surface area (Å²) in [5.41, 5.74) is -0.476. The van der Waals surface area contributed by atoms with E-state index in [0.717, 1.165) is 5.57 Å². The molecule has 1 rings (SSSR count). The van der Waals surface area contributed by atoms with Crippen LogP contribution in [-0.2, 0) is 14.9 Å². The standard InChI is InChI=1S/C17H22O6S.Na/c1-13(7-6-8-14(2)17(19)24(20,21)22)11-12-23-16(18)15-9-4-3-5-10-15;/h3-5,8-11,17,19H,6-7,12H2,1-2H3,(H,20,21,22);/q;+1/p-1. The Kier molecular flexibility index (Phi) is 11.2. The Morgan fingerprint density at radius 3 is 2.40 bits per heavy atom. The third-order valence-corrected chi connectivity index (χ3v) is 4.24. The maximum absolute atomic E-state index is 11.7. The number of hydrogen-bond acceptors (Lipinski definition) is 6. The van der Waals surface area contributed by atoms with Crippen LogP contribution in [0.5, 0.6) is 0 Å². The van der Waals surface area contributed by atoms with E-state index in [1.807, 2.05) is 13.0 Å². The molecule has 0 aliphatic carbocycles. The molecule has 0 heterocycles. The first-order valence-electron chi connectivity index (χ1n) is 7.39. The molecule has 0 bridgehead atoms. The van der Waals surface area contributed by atoms with Crippen LogP contribution in [-0.4, -0.2) is 36.1 Å². The molecule has 1 aromatic carbocycles. The van der Waals surface area contributed by atoms with E-state index in [1.54, 1.807) is 30.3 Å². The summed E-state index contributed by atoms with van der Waals surface area (Å²) in [6.07, 6.45) is 4.32. The maximum Gasteiger partial charge on any atom is 1.00 e. The molecule has 0 spiro atoms. The Bertz CT molecular complexity index is 710. The molecule has 0 aliphatic rings. The fourth-order valence-corrected chi connectivity index (χ4v) is 2.43. The van der Waals surface area contributed by atoms with E-state index >= 15 is 0 Å². The van der Waals surface area contributed by atoms with Crippen molar-refractivity contribution in [1.82, 2.24) is 0 Å². The van der Waals surface area contributed by atoms with E-state index in [0.29, 0.717) is 18.4 Å². The zero-order valence-corrected chi connectivity index (χ0v) is 17.5. The van der Waals surface area contributed by atoms with Crippen molar-refractivity contribution in [2.75, 3.05) is 6.61 Å². The van der Waals surface area contributed by atoms with Gasteiger partial charge in [0.1, 0.15) is 16.7 Å². The van der Waals surface area contributed by atoms with Gasteiger partial charge in [-0.2, -0.15) is 0 Å². The van der Waals surface area contributed by atoms with E-state index in [-0.39, 0.29) is 41.7 Å². The number of ether oxygens (including phenoxy) is 1. The van der Waals surface area contributed by atoms with Crippen LogP contribution < -0.4 is 29.6 Å². The quantitative estimate of drug-likeness (QED) is 0.281. The number of hydrogen-bond donors (Lipinski definition) is 1. The summed E-state index contributed by atoms with van der Waals surface area (Å²) >= 11 is 0. The minimum atomic E-state index is -4.74. The molecule has 0 saturated carbocycles. The number of allylic oxidation sites excluding steroid dienone is 2. The summed E-state index contributed by atoms with van der Waals surface area (Å²) in [6.45, 7) is 3.38. The number of benzene rings is 1. The van der Waals surface area contributed by atoms with Gasteiger partial charge in [0.2, 0.25) is 0 Å². The van der Waals surface area contributed by atoms with Crippen molar-refractivity contribution >= 4 is 16.1 Å². The molecule has 0 aliphatic heterocycles. The molecule has 0 saturated heterocycles. The molecule has 0 radical (unpaired) electrons. The molecule has 1 unspecified atom stereocenters. The Labute approximate surface area is 170 Å². The summed E-state index contributed by atoms with van der Waals surface area (Å²) in [5.74, 6) is -0.404. The van der Waals surface area contributed by atoms with E-state index in [9.17, 15) is 22.9 Å². The van der Waals surface area contributed by atoms with Crippen LogP contribution in [0.25, 0.3) is 0 Å². The molecule has 1 N–H and O–H groups in total. The van der Waals surface area contributed by atoms with E-state index in [4.69, 9.17) is 4.74 Å². The predicted molar refractivity (Wildman–Crippen MR) is 89.2 cm³/mol. The first kappa shape index (κ1) is 24.0. The molecule has 25 heavy (non-hydrogen) atoms. The van der Waals surface area contributed by atoms with E-state index < -0.39 is 21.5 Å². The van der Waals surface area contributed by atoms with Gasteiger partial charge in [-0.15, -0.1) is 0 Å². The minimum Gasteiger partial charge on any atom is -0.746 e. The number of aliphatic hydroxyl groups is 1. The van der Waals surface area contributed by atoms with Crippen LogP contribution in [0, 0.1) is 0 Å². The van der Waals surface area contributed by atoms with Crippen LogP contribution >= 0.6 is 0 Å². The van der Waals surface area contributed by atoms with Gasteiger partial charge in [-0.3, -0.25) is 0 Å². The van der Waals surface area contributed by atoms with Crippen molar-refractivity contribution in [2.24, 2.45) is 0 Å². The molecule has 6 nitrogen and oxygen atoms in total. The second kappa shape index (κ2) is 11.6. The Hall–Kier alpha value is -0.960. The van der Waals surface area contributed by atoms with Gasteiger partial charge in [0.25, 0.3) is 0 Å². The molecule has 1 atom stereocenters. The summed E-state index contributed by atoms with van der Waals surface area (Å²) in [6, 6.07) is 8.65. The van der Waals surface area contributed by atoms with Gasteiger partial charge < -0.3 is 14.4 Å². The third kappa shape index (κ3) is 9.34. The molecule has 132 valence electrons. The SMILES string of the molecule is CC(=CCOC(=O)c1ccccc1)CCC=C(C)C(O)S(=O)(=O)[O-].[Na+]. The number of rotatable bonds is 8. The summed E-state index contributed by atoms with van der Waals surface area (Å²) in [4.78, 5) is 11.7. The molecule has 1 aromatic rings. The summed E-state index contributed by atoms with van der Waals surface area (Å²) in [5, 5.41) is 9.29. The summed E-state index contributed by atoms with van der Waals surface area (Å²) in [7, 11) is -4.74. The molecule has 0 aromatic heterocycles. The number of carbonyl (C=O) groups excluding carboxylic acids is 1. The molecule has 8 heteroatoms. The molecule has 0 amide bonds. The first-order valence-corrected chi connectivity index (χ1v) is 8.86. The Morgan fingerprint density at radius 2 is 1.84 bits per heavy atom. The van der Waals surface area contributed by atoms with Gasteiger partial charge in [0.05, 0.1) is 5.56 Å². The van der Waals surface area contributed by atoms with Crippen molar-refractivity contribution in [2.45, 2.75) is 32.1 Å². The van der Waals surface area contributed by atoms with E-state index in [2.05, 4.69) is 0 Å². The van der Waals surface area contributed by atoms with Crippen molar-refractivity contribution in [3.63, 3.8) is 0 Å². The van der Waals surface area contributed by atoms with Gasteiger partial charge >= 0.3 is 35.5 Å². The van der Waals surface area contributed by atoms with E-state index in [1.165, 1.54) is 13.0 Å². The summed E-state index contributed by atoms with van der Waals surface area (Å²) < 4.78 is 37.2. The maximum atomic E-state index is 11.7. The van der Waals surface area contributed by atoms with Gasteiger partial charge in [-0.05, 0) is 50.5 Å². The van der Waals surface area contributed by atoms with Gasteiger partial charge in [-0.25, -0.2) is 13.2 Å². The minimum absolute atomic E-state index is 0. The Morgan fingerprint density at radius 1 is 1.24 bits per heavy atom. The normalized spacial score (nSPS) is 13.8. The monoisotopic (exact) mass is 376 g/mol. The van der Waals surface area contributed by atoms with Crippen LogP contribution in [0.1, 0.15) is 37.0 Å². The van der Waals surface area contributed by atoms with Crippen molar-refractivity contribution in [1.29, 1.82) is 0 Å². The molecular formula is C17H21NaO6S. The third-order valence-electron chi connectivity index (χ3n) is 3.32. The zero-order valence-electron chi connectivity index (χ0n) is 14.6. The predicted octanol–water partition coefficient (Wildman–Crippen LogP) is -0.616. The number of carbonyl (C=O) groups is 1. The Balaban J connectivity index is 0.00000576. The van der Waals surface area contributed by atoms with Crippen molar-refractivity contribution in [3.05, 3.63) is 59.2 Å². The first-order chi connectivity index (χ1) is 11.2. The fraction of sp³-hybridized carbons (Fsp3) is 0.353. The topological polar surface area (TPSA) is 104 Å². The van der Waals surface area contributed by atoms with Crippen LogP contribution in [0.4, 0.5) is 0 Å². The largest absolute Gasteiger partial charge is 1.00 e. The van der Waals surface area contributed by atoms with Gasteiger partial charge in [0.15, 0.2) is 5.44 Å². The smallest absolute Gasteiger partial charge is 0.746 e. The average Bonchev–Trinajstić information content (AvgIpc) is 2.53. The number of aliphatic hydroxyl groups excluding tert-OH is 1. The van der Waals surface area contributed by atoms with Crippen molar-refractivity contribution < 1.29 is 57.2 Å². The zero-order chi connectivity index (χ0) is 18.2. The fourth-order valence-electron chi connectivity index (χ4n) is 1.88. The van der Waals surface area contributed by atoms with Gasteiger partial charge in [0, 0.05) is 0 Å². The average molecular weight is 376 g/mol. The van der Waals surface area contributed by atoms with Crippen LogP contribution in [0.15, 0.2) is 53.6 Å². The second-order valence-corrected chi connectivity index (χ2v) is 6.78. The molecule has 0 fully saturated rings. The van der Waals surface area contributed by atoms with Crippen LogP contribution in [0.3, 0.4) is 0 Å². The van der Waals surface area contributed by atoms with Gasteiger partial charge in [-0.1, -0.05) is 29.8 Å². The number of esters is 1. The van der Waals surface area contributed by atoms with Crippen LogP contribution in [0.2, 0.25) is 0 Å². The van der Waals surface area contributed by atoms with Crippen molar-refractivity contribution in [3.8, 4) is 0 Å².